The third kappa shape index (κ3) is 2.50. The van der Waals surface area contributed by atoms with Crippen LogP contribution in [0.2, 0.25) is 0 Å². The van der Waals surface area contributed by atoms with Crippen LogP contribution < -0.4 is 5.43 Å². The average molecular weight is 294 g/mol. The van der Waals surface area contributed by atoms with E-state index in [1.807, 2.05) is 18.3 Å². The molecule has 0 bridgehead atoms. The Bertz CT molecular complexity index is 838. The number of aromatic nitrogens is 4. The van der Waals surface area contributed by atoms with Gasteiger partial charge in [0.05, 0.1) is 5.39 Å². The van der Waals surface area contributed by atoms with Crippen molar-refractivity contribution in [1.82, 2.24) is 19.5 Å². The standard InChI is InChI=1S/C17H18N4O/c1-3-13(4-2)21-10-7-15(22)14-11-19-16(20-17(14)21)12-5-8-18-9-6-12/h5-11,13H,3-4H2,1-2H3. The van der Waals surface area contributed by atoms with Crippen LogP contribution in [0.1, 0.15) is 32.7 Å². The Kier molecular flexibility index (Phi) is 3.96. The molecule has 0 radical (unpaired) electrons. The largest absolute Gasteiger partial charge is 0.329 e. The van der Waals surface area contributed by atoms with E-state index < -0.39 is 0 Å². The van der Waals surface area contributed by atoms with Crippen LogP contribution in [0.5, 0.6) is 0 Å². The number of hydrogen-bond acceptors (Lipinski definition) is 4. The second-order valence-electron chi connectivity index (χ2n) is 5.22. The van der Waals surface area contributed by atoms with E-state index in [2.05, 4.69) is 33.4 Å². The monoisotopic (exact) mass is 294 g/mol. The van der Waals surface area contributed by atoms with Crippen molar-refractivity contribution in [3.63, 3.8) is 0 Å². The Balaban J connectivity index is 2.25. The Hall–Kier alpha value is -2.56. The molecular formula is C17H18N4O. The van der Waals surface area contributed by atoms with Gasteiger partial charge < -0.3 is 4.57 Å². The molecule has 0 spiro atoms. The fourth-order valence-corrected chi connectivity index (χ4v) is 2.67. The summed E-state index contributed by atoms with van der Waals surface area (Å²) < 4.78 is 2.09. The summed E-state index contributed by atoms with van der Waals surface area (Å²) in [6.07, 6.45) is 8.86. The maximum absolute atomic E-state index is 12.1. The van der Waals surface area contributed by atoms with Crippen LogP contribution in [-0.4, -0.2) is 19.5 Å². The highest BCUT2D eigenvalue weighted by molar-refractivity contribution is 5.76. The fourth-order valence-electron chi connectivity index (χ4n) is 2.67. The molecule has 3 aromatic heterocycles. The topological polar surface area (TPSA) is 60.7 Å². The van der Waals surface area contributed by atoms with Crippen LogP contribution in [0, 0.1) is 0 Å². The zero-order valence-corrected chi connectivity index (χ0v) is 12.7. The lowest BCUT2D eigenvalue weighted by Gasteiger charge is -2.19. The van der Waals surface area contributed by atoms with E-state index in [0.29, 0.717) is 22.9 Å². The van der Waals surface area contributed by atoms with E-state index >= 15 is 0 Å². The highest BCUT2D eigenvalue weighted by Gasteiger charge is 2.13. The van der Waals surface area contributed by atoms with Crippen LogP contribution in [0.15, 0.2) is 47.8 Å². The van der Waals surface area contributed by atoms with Crippen molar-refractivity contribution in [2.75, 3.05) is 0 Å². The molecule has 0 saturated carbocycles. The lowest BCUT2D eigenvalue weighted by atomic mass is 10.1. The molecule has 0 saturated heterocycles. The third-order valence-corrected chi connectivity index (χ3v) is 3.94. The van der Waals surface area contributed by atoms with Crippen molar-refractivity contribution >= 4 is 11.0 Å². The van der Waals surface area contributed by atoms with Crippen molar-refractivity contribution in [3.05, 3.63) is 53.2 Å². The minimum atomic E-state index is -0.0431. The van der Waals surface area contributed by atoms with Crippen molar-refractivity contribution in [1.29, 1.82) is 0 Å². The van der Waals surface area contributed by atoms with Gasteiger partial charge in [-0.1, -0.05) is 13.8 Å². The fraction of sp³-hybridized carbons (Fsp3) is 0.294. The summed E-state index contributed by atoms with van der Waals surface area (Å²) in [4.78, 5) is 25.1. The van der Waals surface area contributed by atoms with Gasteiger partial charge in [0.2, 0.25) is 0 Å². The van der Waals surface area contributed by atoms with Gasteiger partial charge in [0.15, 0.2) is 11.3 Å². The lowest BCUT2D eigenvalue weighted by molar-refractivity contribution is 0.480. The molecule has 3 rings (SSSR count). The SMILES string of the molecule is CCC(CC)n1ccc(=O)c2cnc(-c3ccncc3)nc21. The second-order valence-corrected chi connectivity index (χ2v) is 5.22. The van der Waals surface area contributed by atoms with Gasteiger partial charge in [-0.3, -0.25) is 9.78 Å². The van der Waals surface area contributed by atoms with Gasteiger partial charge in [-0.15, -0.1) is 0 Å². The molecule has 0 unspecified atom stereocenters. The van der Waals surface area contributed by atoms with Gasteiger partial charge in [0.1, 0.15) is 5.65 Å². The molecular weight excluding hydrogens is 276 g/mol. The molecule has 5 heteroatoms. The van der Waals surface area contributed by atoms with Crippen LogP contribution >= 0.6 is 0 Å². The number of fused-ring (bicyclic) bond motifs is 1. The van der Waals surface area contributed by atoms with E-state index in [4.69, 9.17) is 0 Å². The predicted octanol–water partition coefficient (Wildman–Crippen LogP) is 3.21. The van der Waals surface area contributed by atoms with Crippen molar-refractivity contribution in [3.8, 4) is 11.4 Å². The minimum absolute atomic E-state index is 0.0431. The number of rotatable bonds is 4. The summed E-state index contributed by atoms with van der Waals surface area (Å²) in [5.41, 5.74) is 1.55. The van der Waals surface area contributed by atoms with Gasteiger partial charge in [0, 0.05) is 42.5 Å². The predicted molar refractivity (Wildman–Crippen MR) is 86.6 cm³/mol. The van der Waals surface area contributed by atoms with Crippen LogP contribution in [-0.2, 0) is 0 Å². The number of nitrogens with zero attached hydrogens (tertiary/aromatic N) is 4. The third-order valence-electron chi connectivity index (χ3n) is 3.94. The maximum Gasteiger partial charge on any atom is 0.192 e. The highest BCUT2D eigenvalue weighted by atomic mass is 16.1. The first kappa shape index (κ1) is 14.4. The Morgan fingerprint density at radius 3 is 2.55 bits per heavy atom. The van der Waals surface area contributed by atoms with E-state index in [0.717, 1.165) is 18.4 Å². The van der Waals surface area contributed by atoms with Crippen molar-refractivity contribution in [2.24, 2.45) is 0 Å². The van der Waals surface area contributed by atoms with Gasteiger partial charge in [-0.05, 0) is 25.0 Å². The molecule has 22 heavy (non-hydrogen) atoms. The Labute approximate surface area is 128 Å². The minimum Gasteiger partial charge on any atom is -0.329 e. The van der Waals surface area contributed by atoms with Gasteiger partial charge in [-0.2, -0.15) is 0 Å². The number of pyridine rings is 2. The smallest absolute Gasteiger partial charge is 0.192 e. The summed E-state index contributed by atoms with van der Waals surface area (Å²) in [5.74, 6) is 0.611. The van der Waals surface area contributed by atoms with Gasteiger partial charge in [0.25, 0.3) is 0 Å². The van der Waals surface area contributed by atoms with Crippen molar-refractivity contribution in [2.45, 2.75) is 32.7 Å². The van der Waals surface area contributed by atoms with Gasteiger partial charge >= 0.3 is 0 Å². The lowest BCUT2D eigenvalue weighted by Crippen LogP contribution is -2.14. The summed E-state index contributed by atoms with van der Waals surface area (Å²) in [6.45, 7) is 4.28. The first-order valence-corrected chi connectivity index (χ1v) is 7.52. The Morgan fingerprint density at radius 1 is 1.14 bits per heavy atom. The summed E-state index contributed by atoms with van der Waals surface area (Å²) in [7, 11) is 0. The molecule has 0 fully saturated rings. The van der Waals surface area contributed by atoms with Crippen molar-refractivity contribution < 1.29 is 0 Å². The van der Waals surface area contributed by atoms with Crippen LogP contribution in [0.3, 0.4) is 0 Å². The summed E-state index contributed by atoms with van der Waals surface area (Å²) >= 11 is 0. The quantitative estimate of drug-likeness (QED) is 0.741. The molecule has 3 aromatic rings. The first-order valence-electron chi connectivity index (χ1n) is 7.52. The van der Waals surface area contributed by atoms with E-state index in [1.54, 1.807) is 24.7 Å². The maximum atomic E-state index is 12.1. The van der Waals surface area contributed by atoms with Crippen LogP contribution in [0.25, 0.3) is 22.4 Å². The molecule has 0 aliphatic heterocycles. The summed E-state index contributed by atoms with van der Waals surface area (Å²) in [5, 5.41) is 0.562. The molecule has 112 valence electrons. The Morgan fingerprint density at radius 2 is 1.86 bits per heavy atom. The number of hydrogen-bond donors (Lipinski definition) is 0. The second kappa shape index (κ2) is 6.05. The zero-order chi connectivity index (χ0) is 15.5. The molecule has 3 heterocycles. The van der Waals surface area contributed by atoms with Crippen LogP contribution in [0.4, 0.5) is 0 Å². The molecule has 0 aromatic carbocycles. The molecule has 0 aliphatic rings. The average Bonchev–Trinajstić information content (AvgIpc) is 2.58. The summed E-state index contributed by atoms with van der Waals surface area (Å²) in [6, 6.07) is 5.65. The van der Waals surface area contributed by atoms with E-state index in [-0.39, 0.29) is 5.43 Å². The first-order chi connectivity index (χ1) is 10.7. The molecule has 0 atom stereocenters. The highest BCUT2D eigenvalue weighted by Crippen LogP contribution is 2.21. The normalized spacial score (nSPS) is 11.2. The van der Waals surface area contributed by atoms with E-state index in [9.17, 15) is 4.79 Å². The zero-order valence-electron chi connectivity index (χ0n) is 12.7. The van der Waals surface area contributed by atoms with Gasteiger partial charge in [-0.25, -0.2) is 9.97 Å². The molecule has 0 N–H and O–H groups in total. The molecule has 0 aliphatic carbocycles. The molecule has 5 nitrogen and oxygen atoms in total. The molecule has 0 amide bonds. The van der Waals surface area contributed by atoms with E-state index in [1.165, 1.54) is 0 Å².